The Morgan fingerprint density at radius 2 is 2.07 bits per heavy atom. The van der Waals surface area contributed by atoms with Crippen LogP contribution in [0, 0.1) is 5.82 Å². The van der Waals surface area contributed by atoms with Crippen LogP contribution in [0.4, 0.5) is 10.1 Å². The summed E-state index contributed by atoms with van der Waals surface area (Å²) in [6.07, 6.45) is 3.37. The molecule has 28 heavy (non-hydrogen) atoms. The zero-order valence-electron chi connectivity index (χ0n) is 15.7. The van der Waals surface area contributed by atoms with E-state index in [9.17, 15) is 9.18 Å². The molecule has 0 unspecified atom stereocenters. The number of carbonyl (C=O) groups excluding carboxylic acids is 1. The summed E-state index contributed by atoms with van der Waals surface area (Å²) in [4.78, 5) is 17.3. The standard InChI is InChI=1S/C21H21FN2O3S/c1-3-4-11-27-18-10-9-14(26-2)12-17(18)24-20(25)19-13-23-21(28-19)15-7-5-6-8-16(15)22/h5-10,12-13H,3-4,11H2,1-2H3,(H,24,25). The number of rotatable bonds is 8. The van der Waals surface area contributed by atoms with Crippen LogP contribution in [0.3, 0.4) is 0 Å². The normalized spacial score (nSPS) is 10.5. The second-order valence-corrected chi connectivity index (χ2v) is 7.06. The fourth-order valence-corrected chi connectivity index (χ4v) is 3.35. The third-order valence-corrected chi connectivity index (χ3v) is 5.05. The molecule has 0 radical (unpaired) electrons. The molecular weight excluding hydrogens is 379 g/mol. The second kappa shape index (κ2) is 9.32. The van der Waals surface area contributed by atoms with E-state index in [-0.39, 0.29) is 11.7 Å². The molecule has 2 aromatic carbocycles. The highest BCUT2D eigenvalue weighted by molar-refractivity contribution is 7.17. The van der Waals surface area contributed by atoms with Gasteiger partial charge in [-0.25, -0.2) is 9.37 Å². The van der Waals surface area contributed by atoms with Gasteiger partial charge >= 0.3 is 0 Å². The number of anilines is 1. The quantitative estimate of drug-likeness (QED) is 0.515. The highest BCUT2D eigenvalue weighted by Gasteiger charge is 2.16. The van der Waals surface area contributed by atoms with Gasteiger partial charge in [0, 0.05) is 11.6 Å². The number of aromatic nitrogens is 1. The van der Waals surface area contributed by atoms with Crippen molar-refractivity contribution in [3.63, 3.8) is 0 Å². The van der Waals surface area contributed by atoms with Crippen LogP contribution in [-0.2, 0) is 0 Å². The van der Waals surface area contributed by atoms with Crippen molar-refractivity contribution >= 4 is 22.9 Å². The number of nitrogens with one attached hydrogen (secondary N) is 1. The summed E-state index contributed by atoms with van der Waals surface area (Å²) in [5.41, 5.74) is 0.887. The Kier molecular flexibility index (Phi) is 6.60. The molecule has 0 saturated carbocycles. The summed E-state index contributed by atoms with van der Waals surface area (Å²) in [6, 6.07) is 11.6. The van der Waals surface area contributed by atoms with Crippen molar-refractivity contribution in [2.24, 2.45) is 0 Å². The van der Waals surface area contributed by atoms with E-state index in [4.69, 9.17) is 9.47 Å². The number of thiazole rings is 1. The lowest BCUT2D eigenvalue weighted by molar-refractivity contribution is 0.103. The van der Waals surface area contributed by atoms with Crippen molar-refractivity contribution in [2.75, 3.05) is 19.0 Å². The molecule has 1 amide bonds. The monoisotopic (exact) mass is 400 g/mol. The first-order valence-corrected chi connectivity index (χ1v) is 9.77. The first-order chi connectivity index (χ1) is 13.6. The SMILES string of the molecule is CCCCOc1ccc(OC)cc1NC(=O)c1cnc(-c2ccccc2F)s1. The maximum Gasteiger partial charge on any atom is 0.267 e. The minimum Gasteiger partial charge on any atom is -0.497 e. The molecule has 1 heterocycles. The lowest BCUT2D eigenvalue weighted by Crippen LogP contribution is -2.12. The molecule has 0 saturated heterocycles. The van der Waals surface area contributed by atoms with Gasteiger partial charge in [-0.15, -0.1) is 11.3 Å². The first-order valence-electron chi connectivity index (χ1n) is 8.95. The maximum atomic E-state index is 14.0. The minimum atomic E-state index is -0.372. The molecular formula is C21H21FN2O3S. The number of methoxy groups -OCH3 is 1. The third-order valence-electron chi connectivity index (χ3n) is 4.02. The van der Waals surface area contributed by atoms with E-state index >= 15 is 0 Å². The molecule has 0 fully saturated rings. The summed E-state index contributed by atoms with van der Waals surface area (Å²) in [5, 5.41) is 3.29. The fraction of sp³-hybridized carbons (Fsp3) is 0.238. The largest absolute Gasteiger partial charge is 0.497 e. The first kappa shape index (κ1) is 19.8. The molecule has 7 heteroatoms. The van der Waals surface area contributed by atoms with E-state index < -0.39 is 0 Å². The maximum absolute atomic E-state index is 14.0. The van der Waals surface area contributed by atoms with E-state index in [2.05, 4.69) is 17.2 Å². The van der Waals surface area contributed by atoms with Gasteiger partial charge in [0.25, 0.3) is 5.91 Å². The van der Waals surface area contributed by atoms with E-state index in [0.717, 1.165) is 24.2 Å². The van der Waals surface area contributed by atoms with Crippen LogP contribution in [-0.4, -0.2) is 24.6 Å². The Balaban J connectivity index is 1.80. The molecule has 0 aliphatic heterocycles. The highest BCUT2D eigenvalue weighted by atomic mass is 32.1. The molecule has 3 aromatic rings. The molecule has 146 valence electrons. The van der Waals surface area contributed by atoms with Crippen molar-refractivity contribution in [3.8, 4) is 22.1 Å². The van der Waals surface area contributed by atoms with Crippen LogP contribution in [0.25, 0.3) is 10.6 Å². The smallest absolute Gasteiger partial charge is 0.267 e. The Morgan fingerprint density at radius 3 is 2.82 bits per heavy atom. The molecule has 0 bridgehead atoms. The molecule has 0 spiro atoms. The van der Waals surface area contributed by atoms with Crippen LogP contribution >= 0.6 is 11.3 Å². The van der Waals surface area contributed by atoms with E-state index in [0.29, 0.717) is 39.2 Å². The van der Waals surface area contributed by atoms with Crippen molar-refractivity contribution in [3.05, 3.63) is 59.4 Å². The predicted molar refractivity (Wildman–Crippen MR) is 109 cm³/mol. The van der Waals surface area contributed by atoms with E-state index in [1.165, 1.54) is 12.3 Å². The summed E-state index contributed by atoms with van der Waals surface area (Å²) in [7, 11) is 1.56. The topological polar surface area (TPSA) is 60.5 Å². The number of benzene rings is 2. The van der Waals surface area contributed by atoms with Crippen LogP contribution in [0.2, 0.25) is 0 Å². The van der Waals surface area contributed by atoms with Gasteiger partial charge in [0.2, 0.25) is 0 Å². The number of ether oxygens (including phenoxy) is 2. The average Bonchev–Trinajstić information content (AvgIpc) is 3.19. The Morgan fingerprint density at radius 1 is 1.25 bits per heavy atom. The Labute approximate surface area is 167 Å². The van der Waals surface area contributed by atoms with Gasteiger partial charge in [-0.1, -0.05) is 25.5 Å². The lowest BCUT2D eigenvalue weighted by atomic mass is 10.2. The molecule has 3 rings (SSSR count). The molecule has 1 aromatic heterocycles. The van der Waals surface area contributed by atoms with E-state index in [1.54, 1.807) is 43.5 Å². The van der Waals surface area contributed by atoms with Crippen LogP contribution in [0.15, 0.2) is 48.7 Å². The lowest BCUT2D eigenvalue weighted by Gasteiger charge is -2.13. The minimum absolute atomic E-state index is 0.339. The van der Waals surface area contributed by atoms with Gasteiger partial charge in [-0.05, 0) is 30.7 Å². The molecule has 0 atom stereocenters. The number of hydrogen-bond acceptors (Lipinski definition) is 5. The number of carbonyl (C=O) groups is 1. The van der Waals surface area contributed by atoms with Crippen LogP contribution < -0.4 is 14.8 Å². The van der Waals surface area contributed by atoms with Gasteiger partial charge in [-0.2, -0.15) is 0 Å². The van der Waals surface area contributed by atoms with Gasteiger partial charge in [-0.3, -0.25) is 4.79 Å². The second-order valence-electron chi connectivity index (χ2n) is 6.03. The number of halogens is 1. The third kappa shape index (κ3) is 4.67. The van der Waals surface area contributed by atoms with Crippen LogP contribution in [0.5, 0.6) is 11.5 Å². The Bertz CT molecular complexity index is 958. The summed E-state index contributed by atoms with van der Waals surface area (Å²) < 4.78 is 25.0. The summed E-state index contributed by atoms with van der Waals surface area (Å²) >= 11 is 1.13. The molecule has 5 nitrogen and oxygen atoms in total. The predicted octanol–water partition coefficient (Wildman–Crippen LogP) is 5.39. The van der Waals surface area contributed by atoms with Gasteiger partial charge in [0.15, 0.2) is 0 Å². The number of amides is 1. The highest BCUT2D eigenvalue weighted by Crippen LogP contribution is 2.32. The zero-order valence-corrected chi connectivity index (χ0v) is 16.5. The molecule has 1 N–H and O–H groups in total. The van der Waals surface area contributed by atoms with Crippen molar-refractivity contribution < 1.29 is 18.7 Å². The zero-order chi connectivity index (χ0) is 19.9. The summed E-state index contributed by atoms with van der Waals surface area (Å²) in [5.74, 6) is 0.466. The average molecular weight is 400 g/mol. The van der Waals surface area contributed by atoms with Crippen LogP contribution in [0.1, 0.15) is 29.4 Å². The fourth-order valence-electron chi connectivity index (χ4n) is 2.51. The molecule has 0 aliphatic rings. The van der Waals surface area contributed by atoms with Crippen molar-refractivity contribution in [2.45, 2.75) is 19.8 Å². The van der Waals surface area contributed by atoms with Crippen molar-refractivity contribution in [1.82, 2.24) is 4.98 Å². The number of nitrogens with zero attached hydrogens (tertiary/aromatic N) is 1. The summed E-state index contributed by atoms with van der Waals surface area (Å²) in [6.45, 7) is 2.64. The van der Waals surface area contributed by atoms with Gasteiger partial charge < -0.3 is 14.8 Å². The number of hydrogen-bond donors (Lipinski definition) is 1. The number of unbranched alkanes of at least 4 members (excludes halogenated alkanes) is 1. The van der Waals surface area contributed by atoms with Gasteiger partial charge in [0.05, 0.1) is 25.6 Å². The molecule has 0 aliphatic carbocycles. The van der Waals surface area contributed by atoms with Gasteiger partial charge in [0.1, 0.15) is 27.2 Å². The van der Waals surface area contributed by atoms with Crippen molar-refractivity contribution in [1.29, 1.82) is 0 Å². The Hall–Kier alpha value is -2.93. The van der Waals surface area contributed by atoms with E-state index in [1.807, 2.05) is 0 Å².